The first-order valence-electron chi connectivity index (χ1n) is 6.41. The Morgan fingerprint density at radius 3 is 3.21 bits per heavy atom. The number of nitrogens with zero attached hydrogens (tertiary/aromatic N) is 2. The predicted octanol–water partition coefficient (Wildman–Crippen LogP) is 1.70. The second-order valence-corrected chi connectivity index (χ2v) is 4.77. The van der Waals surface area contributed by atoms with Gasteiger partial charge in [-0.05, 0) is 24.5 Å². The molecular formula is C14H16N2O3. The first-order valence-corrected chi connectivity index (χ1v) is 6.41. The molecule has 0 N–H and O–H groups in total. The van der Waals surface area contributed by atoms with Crippen LogP contribution in [0.3, 0.4) is 0 Å². The summed E-state index contributed by atoms with van der Waals surface area (Å²) in [7, 11) is 1.39. The molecule has 0 radical (unpaired) electrons. The molecule has 5 heteroatoms. The molecule has 1 unspecified atom stereocenters. The minimum Gasteiger partial charge on any atom is -0.464 e. The zero-order valence-electron chi connectivity index (χ0n) is 10.8. The van der Waals surface area contributed by atoms with Gasteiger partial charge < -0.3 is 9.47 Å². The van der Waals surface area contributed by atoms with Crippen molar-refractivity contribution in [3.63, 3.8) is 0 Å². The lowest BCUT2D eigenvalue weighted by atomic mass is 10.0. The van der Waals surface area contributed by atoms with E-state index in [1.165, 1.54) is 7.11 Å². The van der Waals surface area contributed by atoms with E-state index in [2.05, 4.69) is 4.98 Å². The van der Waals surface area contributed by atoms with Gasteiger partial charge in [-0.2, -0.15) is 0 Å². The molecule has 2 aromatic rings. The summed E-state index contributed by atoms with van der Waals surface area (Å²) in [6, 6.07) is 5.54. The van der Waals surface area contributed by atoms with Gasteiger partial charge in [-0.1, -0.05) is 6.07 Å². The third kappa shape index (κ3) is 2.21. The largest absolute Gasteiger partial charge is 0.464 e. The van der Waals surface area contributed by atoms with Crippen molar-refractivity contribution in [2.24, 2.45) is 5.92 Å². The molecule has 0 bridgehead atoms. The van der Waals surface area contributed by atoms with E-state index in [0.717, 1.165) is 37.4 Å². The highest BCUT2D eigenvalue weighted by Gasteiger charge is 2.20. The van der Waals surface area contributed by atoms with E-state index >= 15 is 0 Å². The zero-order valence-corrected chi connectivity index (χ0v) is 10.8. The van der Waals surface area contributed by atoms with Crippen LogP contribution in [0, 0.1) is 5.92 Å². The molecule has 0 aliphatic carbocycles. The lowest BCUT2D eigenvalue weighted by molar-refractivity contribution is 0.0592. The fraction of sp³-hybridized carbons (Fsp3) is 0.429. The zero-order chi connectivity index (χ0) is 13.2. The SMILES string of the molecule is COC(=O)c1cccc2cnc(CC3CCOC3)n12. The highest BCUT2D eigenvalue weighted by molar-refractivity contribution is 5.88. The number of ether oxygens (including phenoxy) is 2. The van der Waals surface area contributed by atoms with Gasteiger partial charge >= 0.3 is 5.97 Å². The lowest BCUT2D eigenvalue weighted by Crippen LogP contribution is -2.13. The molecule has 5 nitrogen and oxygen atoms in total. The Bertz CT molecular complexity index is 600. The molecule has 0 spiro atoms. The lowest BCUT2D eigenvalue weighted by Gasteiger charge is -2.09. The van der Waals surface area contributed by atoms with Crippen LogP contribution in [-0.2, 0) is 15.9 Å². The highest BCUT2D eigenvalue weighted by atomic mass is 16.5. The highest BCUT2D eigenvalue weighted by Crippen LogP contribution is 2.20. The summed E-state index contributed by atoms with van der Waals surface area (Å²) in [6.07, 6.45) is 3.66. The number of rotatable bonds is 3. The number of hydrogen-bond acceptors (Lipinski definition) is 4. The van der Waals surface area contributed by atoms with Crippen molar-refractivity contribution < 1.29 is 14.3 Å². The van der Waals surface area contributed by atoms with E-state index in [0.29, 0.717) is 11.6 Å². The molecule has 100 valence electrons. The molecule has 3 rings (SSSR count). The molecule has 1 atom stereocenters. The van der Waals surface area contributed by atoms with E-state index in [1.807, 2.05) is 16.5 Å². The fourth-order valence-electron chi connectivity index (χ4n) is 2.52. The van der Waals surface area contributed by atoms with Gasteiger partial charge in [0.1, 0.15) is 11.5 Å². The third-order valence-electron chi connectivity index (χ3n) is 3.51. The van der Waals surface area contributed by atoms with Crippen molar-refractivity contribution in [1.29, 1.82) is 0 Å². The standard InChI is InChI=1S/C14H16N2O3/c1-18-14(17)12-4-2-3-11-8-15-13(16(11)12)7-10-5-6-19-9-10/h2-4,8,10H,5-7,9H2,1H3. The van der Waals surface area contributed by atoms with Crippen LogP contribution in [-0.4, -0.2) is 35.7 Å². The van der Waals surface area contributed by atoms with Gasteiger partial charge in [0.05, 0.1) is 18.8 Å². The van der Waals surface area contributed by atoms with Gasteiger partial charge in [-0.3, -0.25) is 4.40 Å². The molecule has 19 heavy (non-hydrogen) atoms. The Hall–Kier alpha value is -1.88. The van der Waals surface area contributed by atoms with Gasteiger partial charge in [0.2, 0.25) is 0 Å². The quantitative estimate of drug-likeness (QED) is 0.788. The average Bonchev–Trinajstić information content (AvgIpc) is 3.08. The molecule has 0 amide bonds. The summed E-state index contributed by atoms with van der Waals surface area (Å²) < 4.78 is 12.1. The first kappa shape index (κ1) is 12.2. The Kier molecular flexibility index (Phi) is 3.21. The number of imidazole rings is 1. The number of hydrogen-bond donors (Lipinski definition) is 0. The van der Waals surface area contributed by atoms with E-state index in [9.17, 15) is 4.79 Å². The molecule has 1 fully saturated rings. The van der Waals surface area contributed by atoms with E-state index in [-0.39, 0.29) is 5.97 Å². The number of pyridine rings is 1. The van der Waals surface area contributed by atoms with Crippen LogP contribution in [0.1, 0.15) is 22.7 Å². The molecule has 3 heterocycles. The van der Waals surface area contributed by atoms with Crippen LogP contribution < -0.4 is 0 Å². The topological polar surface area (TPSA) is 52.8 Å². The number of fused-ring (bicyclic) bond motifs is 1. The first-order chi connectivity index (χ1) is 9.29. The number of methoxy groups -OCH3 is 1. The second-order valence-electron chi connectivity index (χ2n) is 4.77. The predicted molar refractivity (Wildman–Crippen MR) is 69.2 cm³/mol. The third-order valence-corrected chi connectivity index (χ3v) is 3.51. The minimum absolute atomic E-state index is 0.340. The van der Waals surface area contributed by atoms with Crippen molar-refractivity contribution in [3.8, 4) is 0 Å². The molecule has 0 saturated carbocycles. The van der Waals surface area contributed by atoms with Gasteiger partial charge in [-0.15, -0.1) is 0 Å². The van der Waals surface area contributed by atoms with Crippen LogP contribution in [0.15, 0.2) is 24.4 Å². The summed E-state index contributed by atoms with van der Waals surface area (Å²) in [5, 5.41) is 0. The van der Waals surface area contributed by atoms with Crippen molar-refractivity contribution >= 4 is 11.5 Å². The van der Waals surface area contributed by atoms with Crippen molar-refractivity contribution in [1.82, 2.24) is 9.38 Å². The molecule has 1 aliphatic rings. The van der Waals surface area contributed by atoms with Gasteiger partial charge in [-0.25, -0.2) is 9.78 Å². The van der Waals surface area contributed by atoms with E-state index < -0.39 is 0 Å². The summed E-state index contributed by atoms with van der Waals surface area (Å²) in [5.41, 5.74) is 1.43. The van der Waals surface area contributed by atoms with E-state index in [1.54, 1.807) is 12.3 Å². The molecule has 1 saturated heterocycles. The molecule has 2 aromatic heterocycles. The number of aromatic nitrogens is 2. The van der Waals surface area contributed by atoms with Crippen molar-refractivity contribution in [3.05, 3.63) is 35.9 Å². The summed E-state index contributed by atoms with van der Waals surface area (Å²) in [4.78, 5) is 16.3. The second kappa shape index (κ2) is 5.01. The Morgan fingerprint density at radius 1 is 1.58 bits per heavy atom. The number of carbonyl (C=O) groups excluding carboxylic acids is 1. The number of esters is 1. The minimum atomic E-state index is -0.340. The smallest absolute Gasteiger partial charge is 0.355 e. The summed E-state index contributed by atoms with van der Waals surface area (Å²) in [6.45, 7) is 1.59. The Labute approximate surface area is 111 Å². The maximum absolute atomic E-state index is 11.8. The maximum Gasteiger partial charge on any atom is 0.355 e. The average molecular weight is 260 g/mol. The molecule has 0 aromatic carbocycles. The molecule has 1 aliphatic heterocycles. The van der Waals surface area contributed by atoms with Crippen LogP contribution in [0.2, 0.25) is 0 Å². The van der Waals surface area contributed by atoms with Gasteiger partial charge in [0.15, 0.2) is 0 Å². The van der Waals surface area contributed by atoms with Crippen molar-refractivity contribution in [2.45, 2.75) is 12.8 Å². The number of carbonyl (C=O) groups is 1. The fourth-order valence-corrected chi connectivity index (χ4v) is 2.52. The van der Waals surface area contributed by atoms with Gasteiger partial charge in [0, 0.05) is 19.6 Å². The molecular weight excluding hydrogens is 244 g/mol. The van der Waals surface area contributed by atoms with E-state index in [4.69, 9.17) is 9.47 Å². The maximum atomic E-state index is 11.8. The Morgan fingerprint density at radius 2 is 2.47 bits per heavy atom. The van der Waals surface area contributed by atoms with Crippen LogP contribution in [0.4, 0.5) is 0 Å². The Balaban J connectivity index is 2.01. The monoisotopic (exact) mass is 260 g/mol. The van der Waals surface area contributed by atoms with Gasteiger partial charge in [0.25, 0.3) is 0 Å². The normalized spacial score (nSPS) is 18.9. The van der Waals surface area contributed by atoms with Crippen LogP contribution >= 0.6 is 0 Å². The summed E-state index contributed by atoms with van der Waals surface area (Å²) in [5.74, 6) is 1.04. The summed E-state index contributed by atoms with van der Waals surface area (Å²) >= 11 is 0. The van der Waals surface area contributed by atoms with Crippen LogP contribution in [0.25, 0.3) is 5.52 Å². The van der Waals surface area contributed by atoms with Crippen molar-refractivity contribution in [2.75, 3.05) is 20.3 Å². The van der Waals surface area contributed by atoms with Crippen LogP contribution in [0.5, 0.6) is 0 Å².